The molecule has 26 heavy (non-hydrogen) atoms. The lowest BCUT2D eigenvalue weighted by Gasteiger charge is -2.20. The highest BCUT2D eigenvalue weighted by Crippen LogP contribution is 2.16. The molecule has 0 saturated heterocycles. The Bertz CT molecular complexity index is 719. The first kappa shape index (κ1) is 19.7. The van der Waals surface area contributed by atoms with Crippen molar-refractivity contribution in [3.63, 3.8) is 0 Å². The average Bonchev–Trinajstić information content (AvgIpc) is 2.66. The fraction of sp³-hybridized carbons (Fsp3) is 0.364. The zero-order valence-electron chi connectivity index (χ0n) is 15.8. The summed E-state index contributed by atoms with van der Waals surface area (Å²) in [7, 11) is 0. The molecule has 1 N–H and O–H groups in total. The van der Waals surface area contributed by atoms with Crippen molar-refractivity contribution < 1.29 is 14.5 Å². The van der Waals surface area contributed by atoms with Gasteiger partial charge >= 0.3 is 5.97 Å². The van der Waals surface area contributed by atoms with E-state index in [4.69, 9.17) is 5.11 Å². The van der Waals surface area contributed by atoms with E-state index in [1.807, 2.05) is 18.3 Å². The lowest BCUT2D eigenvalue weighted by atomic mass is 10.1. The normalized spacial score (nSPS) is 11.0. The minimum absolute atomic E-state index is 0.234. The summed E-state index contributed by atoms with van der Waals surface area (Å²) in [5.74, 6) is -0.726. The fourth-order valence-corrected chi connectivity index (χ4v) is 2.97. The van der Waals surface area contributed by atoms with Crippen molar-refractivity contribution in [1.82, 2.24) is 0 Å². The van der Waals surface area contributed by atoms with Crippen molar-refractivity contribution in [1.29, 1.82) is 0 Å². The molecule has 0 fully saturated rings. The number of aryl methyl sites for hydroxylation is 1. The maximum absolute atomic E-state index is 10.6. The van der Waals surface area contributed by atoms with Gasteiger partial charge in [-0.1, -0.05) is 12.1 Å². The zero-order valence-corrected chi connectivity index (χ0v) is 15.8. The molecule has 2 aromatic rings. The summed E-state index contributed by atoms with van der Waals surface area (Å²) >= 11 is 0. The number of unbranched alkanes of at least 4 members (excludes halogenated alkanes) is 1. The largest absolute Gasteiger partial charge is 0.481 e. The first-order chi connectivity index (χ1) is 12.6. The summed E-state index contributed by atoms with van der Waals surface area (Å²) < 4.78 is 2.17. The highest BCUT2D eigenvalue weighted by molar-refractivity contribution is 5.68. The van der Waals surface area contributed by atoms with Gasteiger partial charge in [0.25, 0.3) is 0 Å². The molecule has 0 spiro atoms. The average molecular weight is 353 g/mol. The number of carboxylic acids is 1. The molecule has 0 aliphatic carbocycles. The van der Waals surface area contributed by atoms with E-state index in [1.54, 1.807) is 0 Å². The van der Waals surface area contributed by atoms with E-state index in [9.17, 15) is 4.79 Å². The number of aromatic nitrogens is 1. The Morgan fingerprint density at radius 3 is 2.42 bits per heavy atom. The topological polar surface area (TPSA) is 44.4 Å². The number of carbonyl (C=O) groups is 1. The predicted octanol–water partition coefficient (Wildman–Crippen LogP) is 4.25. The van der Waals surface area contributed by atoms with Crippen molar-refractivity contribution >= 4 is 23.8 Å². The molecule has 0 unspecified atom stereocenters. The van der Waals surface area contributed by atoms with Gasteiger partial charge in [0, 0.05) is 49.8 Å². The minimum atomic E-state index is -0.726. The van der Waals surface area contributed by atoms with Crippen LogP contribution in [0.4, 0.5) is 5.69 Å². The molecule has 1 aromatic carbocycles. The van der Waals surface area contributed by atoms with Gasteiger partial charge in [-0.25, -0.2) is 0 Å². The number of pyridine rings is 1. The maximum Gasteiger partial charge on any atom is 0.303 e. The van der Waals surface area contributed by atoms with Crippen LogP contribution in [0.5, 0.6) is 0 Å². The highest BCUT2D eigenvalue weighted by Gasteiger charge is 2.07. The van der Waals surface area contributed by atoms with Crippen LogP contribution in [0.3, 0.4) is 0 Å². The molecule has 0 aliphatic rings. The van der Waals surface area contributed by atoms with E-state index in [0.717, 1.165) is 31.7 Å². The standard InChI is InChI=1S/C22H28N2O2/c1-3-23(4-2)21-15-12-19(13-16-21)11-14-20-9-5-7-17-24(20)18-8-6-10-22(25)26/h5,7,9,11-17H,3-4,6,8,10,18H2,1-2H3/p+1. The van der Waals surface area contributed by atoms with Crippen LogP contribution in [-0.2, 0) is 11.3 Å². The molecule has 1 aromatic heterocycles. The molecule has 0 amide bonds. The van der Waals surface area contributed by atoms with Gasteiger partial charge in [-0.05, 0) is 50.1 Å². The van der Waals surface area contributed by atoms with Gasteiger partial charge in [-0.15, -0.1) is 0 Å². The second-order valence-corrected chi connectivity index (χ2v) is 6.27. The third kappa shape index (κ3) is 6.03. The monoisotopic (exact) mass is 353 g/mol. The van der Waals surface area contributed by atoms with E-state index >= 15 is 0 Å². The first-order valence-electron chi connectivity index (χ1n) is 9.37. The van der Waals surface area contributed by atoms with Gasteiger partial charge in [-0.2, -0.15) is 4.57 Å². The van der Waals surface area contributed by atoms with Crippen LogP contribution in [0.25, 0.3) is 12.2 Å². The summed E-state index contributed by atoms with van der Waals surface area (Å²) in [5, 5.41) is 8.74. The van der Waals surface area contributed by atoms with E-state index < -0.39 is 5.97 Å². The fourth-order valence-electron chi connectivity index (χ4n) is 2.97. The number of benzene rings is 1. The minimum Gasteiger partial charge on any atom is -0.481 e. The van der Waals surface area contributed by atoms with Crippen LogP contribution in [0, 0.1) is 0 Å². The Morgan fingerprint density at radius 2 is 1.77 bits per heavy atom. The molecule has 138 valence electrons. The van der Waals surface area contributed by atoms with Gasteiger partial charge in [0.1, 0.15) is 6.54 Å². The van der Waals surface area contributed by atoms with Crippen molar-refractivity contribution in [3.8, 4) is 0 Å². The van der Waals surface area contributed by atoms with Gasteiger partial charge in [0.2, 0.25) is 5.69 Å². The Balaban J connectivity index is 2.02. The molecule has 4 nitrogen and oxygen atoms in total. The second kappa shape index (κ2) is 10.4. The van der Waals surface area contributed by atoms with Crippen LogP contribution in [0.15, 0.2) is 48.7 Å². The SMILES string of the molecule is CCN(CC)c1ccc(/C=C/c2cccc[n+]2CCCCC(=O)O)cc1. The van der Waals surface area contributed by atoms with Crippen molar-refractivity contribution in [2.75, 3.05) is 18.0 Å². The van der Waals surface area contributed by atoms with Gasteiger partial charge in [-0.3, -0.25) is 4.79 Å². The van der Waals surface area contributed by atoms with Crippen LogP contribution >= 0.6 is 0 Å². The van der Waals surface area contributed by atoms with Crippen LogP contribution < -0.4 is 9.47 Å². The third-order valence-electron chi connectivity index (χ3n) is 4.48. The van der Waals surface area contributed by atoms with E-state index in [2.05, 4.69) is 65.8 Å². The van der Waals surface area contributed by atoms with Crippen molar-refractivity contribution in [3.05, 3.63) is 59.9 Å². The summed E-state index contributed by atoms with van der Waals surface area (Å²) in [6.07, 6.45) is 8.08. The van der Waals surface area contributed by atoms with E-state index in [0.29, 0.717) is 6.42 Å². The summed E-state index contributed by atoms with van der Waals surface area (Å²) in [5.41, 5.74) is 3.54. The van der Waals surface area contributed by atoms with Gasteiger partial charge in [0.15, 0.2) is 6.20 Å². The molecule has 1 heterocycles. The van der Waals surface area contributed by atoms with Crippen LogP contribution in [0.1, 0.15) is 44.4 Å². The van der Waals surface area contributed by atoms with Gasteiger partial charge in [0.05, 0.1) is 0 Å². The number of rotatable bonds is 10. The highest BCUT2D eigenvalue weighted by atomic mass is 16.4. The molecule has 4 heteroatoms. The number of hydrogen-bond acceptors (Lipinski definition) is 2. The Morgan fingerprint density at radius 1 is 1.04 bits per heavy atom. The number of carboxylic acid groups (broad SMARTS) is 1. The number of anilines is 1. The Kier molecular flexibility index (Phi) is 7.87. The second-order valence-electron chi connectivity index (χ2n) is 6.27. The molecule has 0 radical (unpaired) electrons. The first-order valence-corrected chi connectivity index (χ1v) is 9.37. The zero-order chi connectivity index (χ0) is 18.8. The smallest absolute Gasteiger partial charge is 0.303 e. The number of nitrogens with zero attached hydrogens (tertiary/aromatic N) is 2. The number of aliphatic carboxylic acids is 1. The molecule has 0 saturated carbocycles. The van der Waals surface area contributed by atoms with Crippen LogP contribution in [0.2, 0.25) is 0 Å². The molecule has 0 bridgehead atoms. The van der Waals surface area contributed by atoms with Crippen molar-refractivity contribution in [2.45, 2.75) is 39.7 Å². The Hall–Kier alpha value is -2.62. The molecule has 0 aliphatic heterocycles. The lowest BCUT2D eigenvalue weighted by Crippen LogP contribution is -2.36. The molecule has 0 atom stereocenters. The molecule has 2 rings (SSSR count). The quantitative estimate of drug-likeness (QED) is 0.513. The third-order valence-corrected chi connectivity index (χ3v) is 4.48. The maximum atomic E-state index is 10.6. The molecular formula is C22H29N2O2+. The van der Waals surface area contributed by atoms with Gasteiger partial charge < -0.3 is 10.0 Å². The summed E-state index contributed by atoms with van der Waals surface area (Å²) in [6, 6.07) is 14.7. The van der Waals surface area contributed by atoms with E-state index in [-0.39, 0.29) is 6.42 Å². The van der Waals surface area contributed by atoms with Crippen molar-refractivity contribution in [2.24, 2.45) is 0 Å². The Labute approximate surface area is 156 Å². The lowest BCUT2D eigenvalue weighted by molar-refractivity contribution is -0.699. The van der Waals surface area contributed by atoms with E-state index in [1.165, 1.54) is 11.3 Å². The summed E-state index contributed by atoms with van der Waals surface area (Å²) in [4.78, 5) is 12.9. The predicted molar refractivity (Wildman–Crippen MR) is 107 cm³/mol. The summed E-state index contributed by atoms with van der Waals surface area (Å²) in [6.45, 7) is 7.19. The molecular weight excluding hydrogens is 324 g/mol. The van der Waals surface area contributed by atoms with Crippen LogP contribution in [-0.4, -0.2) is 24.2 Å². The number of hydrogen-bond donors (Lipinski definition) is 1.